The quantitative estimate of drug-likeness (QED) is 0.208. The Kier molecular flexibility index (Phi) is 4.12. The molecule has 0 amide bonds. The molecule has 0 aliphatic heterocycles. The molecule has 0 atom stereocenters. The third-order valence-corrected chi connectivity index (χ3v) is 9.88. The van der Waals surface area contributed by atoms with Gasteiger partial charge in [0.2, 0.25) is 0 Å². The van der Waals surface area contributed by atoms with Gasteiger partial charge in [0.25, 0.3) is 0 Å². The Morgan fingerprint density at radius 1 is 0.775 bits per heavy atom. The predicted molar refractivity (Wildman–Crippen MR) is 168 cm³/mol. The minimum atomic E-state index is -2.42. The van der Waals surface area contributed by atoms with Gasteiger partial charge in [0.05, 0.1) is 5.69 Å². The maximum Gasteiger partial charge on any atom is 0.145 e. The average molecular weight is 531 g/mol. The highest BCUT2D eigenvalue weighted by atomic mass is 16.3. The minimum Gasteiger partial charge on any atom is -0.455 e. The Morgan fingerprint density at radius 3 is 2.42 bits per heavy atom. The van der Waals surface area contributed by atoms with Crippen LogP contribution < -0.4 is 0 Å². The summed E-state index contributed by atoms with van der Waals surface area (Å²) in [6.07, 6.45) is 10.6. The van der Waals surface area contributed by atoms with Crippen molar-refractivity contribution < 1.29 is 14.0 Å². The Hall–Kier alpha value is -3.65. The summed E-state index contributed by atoms with van der Waals surface area (Å²) in [5.41, 5.74) is 3.15. The summed E-state index contributed by atoms with van der Waals surface area (Å²) in [7, 11) is 0. The second-order valence-electron chi connectivity index (χ2n) is 12.1. The molecule has 8 rings (SSSR count). The van der Waals surface area contributed by atoms with Gasteiger partial charge in [-0.2, -0.15) is 0 Å². The number of rotatable bonds is 2. The molecule has 0 bridgehead atoms. The molecule has 2 aliphatic carbocycles. The largest absolute Gasteiger partial charge is 0.455 e. The smallest absolute Gasteiger partial charge is 0.145 e. The summed E-state index contributed by atoms with van der Waals surface area (Å²) in [6.45, 7) is -4.82. The predicted octanol–water partition coefficient (Wildman–Crippen LogP) is 11.2. The lowest BCUT2D eigenvalue weighted by Gasteiger charge is -2.43. The number of pyridine rings is 1. The van der Waals surface area contributed by atoms with E-state index in [1.165, 1.54) is 38.3 Å². The number of aryl methyl sites for hydroxylation is 2. The van der Waals surface area contributed by atoms with Crippen LogP contribution >= 0.6 is 0 Å². The van der Waals surface area contributed by atoms with Crippen LogP contribution in [0.1, 0.15) is 90.0 Å². The topological polar surface area (TPSA) is 26.0 Å². The fraction of sp³-hybridized carbons (Fsp3) is 0.342. The van der Waals surface area contributed by atoms with Crippen LogP contribution in [-0.4, -0.2) is 4.98 Å². The Labute approximate surface area is 246 Å². The highest BCUT2D eigenvalue weighted by Crippen LogP contribution is 2.51. The van der Waals surface area contributed by atoms with Crippen molar-refractivity contribution in [2.24, 2.45) is 5.41 Å². The lowest BCUT2D eigenvalue weighted by atomic mass is 9.62. The van der Waals surface area contributed by atoms with Crippen molar-refractivity contribution in [3.63, 3.8) is 0 Å². The van der Waals surface area contributed by atoms with Gasteiger partial charge in [0, 0.05) is 37.5 Å². The number of hydrogen-bond acceptors (Lipinski definition) is 2. The van der Waals surface area contributed by atoms with Gasteiger partial charge in [-0.15, -0.1) is 0 Å². The third kappa shape index (κ3) is 3.72. The van der Waals surface area contributed by atoms with Gasteiger partial charge in [-0.3, -0.25) is 4.98 Å². The van der Waals surface area contributed by atoms with Crippen molar-refractivity contribution in [2.45, 2.75) is 77.4 Å². The summed E-state index contributed by atoms with van der Waals surface area (Å²) >= 11 is 0. The number of fused-ring (bicyclic) bond motifs is 7. The van der Waals surface area contributed by atoms with Gasteiger partial charge in [-0.25, -0.2) is 0 Å². The number of aromatic nitrogens is 1. The van der Waals surface area contributed by atoms with E-state index >= 15 is 0 Å². The second kappa shape index (κ2) is 9.20. The molecule has 2 heteroatoms. The molecule has 4 aromatic carbocycles. The van der Waals surface area contributed by atoms with E-state index in [1.54, 1.807) is 18.2 Å². The van der Waals surface area contributed by atoms with Gasteiger partial charge < -0.3 is 4.42 Å². The maximum atomic E-state index is 9.70. The van der Waals surface area contributed by atoms with E-state index in [2.05, 4.69) is 11.1 Å². The summed E-state index contributed by atoms with van der Waals surface area (Å²) in [5.74, 6) is -1.05. The molecule has 6 aromatic rings. The van der Waals surface area contributed by atoms with E-state index in [4.69, 9.17) is 12.6 Å². The zero-order chi connectivity index (χ0) is 32.8. The van der Waals surface area contributed by atoms with Crippen LogP contribution in [0.4, 0.5) is 0 Å². The second-order valence-corrected chi connectivity index (χ2v) is 12.1. The number of nitrogens with zero attached hydrogens (tertiary/aromatic N) is 1. The van der Waals surface area contributed by atoms with Crippen LogP contribution in [0.2, 0.25) is 0 Å². The molecule has 200 valence electrons. The molecule has 2 aromatic heterocycles. The fourth-order valence-electron chi connectivity index (χ4n) is 7.68. The first kappa shape index (κ1) is 17.9. The highest BCUT2D eigenvalue weighted by Gasteiger charge is 2.37. The van der Waals surface area contributed by atoms with Crippen molar-refractivity contribution in [2.75, 3.05) is 0 Å². The van der Waals surface area contributed by atoms with Crippen LogP contribution in [0.15, 0.2) is 77.3 Å². The number of benzene rings is 4. The summed E-state index contributed by atoms with van der Waals surface area (Å²) < 4.78 is 66.7. The minimum absolute atomic E-state index is 0.119. The van der Waals surface area contributed by atoms with E-state index in [0.29, 0.717) is 51.6 Å². The summed E-state index contributed by atoms with van der Waals surface area (Å²) in [5, 5.41) is 5.18. The van der Waals surface area contributed by atoms with Crippen LogP contribution in [0.5, 0.6) is 0 Å². The molecule has 0 unspecified atom stereocenters. The molecule has 0 N–H and O–H groups in total. The average Bonchev–Trinajstić information content (AvgIpc) is 3.45. The Balaban J connectivity index is 1.35. The standard InChI is InChI=1S/C38H37NO/c1-24-10-14-30(33-22-32(25(2)23-39-33)27-16-20-38(21-17-27)18-6-3-7-19-38)36-34(24)31-15-13-28-12-11-26-8-4-5-9-29(26)35(28)37(31)40-36/h4-5,8-15,22-23,27H,3,6-7,16-21H2,1-2H3/i1D3,2D3,27D. The first-order chi connectivity index (χ1) is 22.4. The molecule has 2 fully saturated rings. The molecular weight excluding hydrogens is 486 g/mol. The van der Waals surface area contributed by atoms with Gasteiger partial charge in [-0.1, -0.05) is 67.8 Å². The molecule has 1 spiro atoms. The highest BCUT2D eigenvalue weighted by molar-refractivity contribution is 6.24. The van der Waals surface area contributed by atoms with Gasteiger partial charge in [0.1, 0.15) is 11.2 Å². The Bertz CT molecular complexity index is 2180. The molecule has 2 nitrogen and oxygen atoms in total. The number of furan rings is 1. The summed E-state index contributed by atoms with van der Waals surface area (Å²) in [4.78, 5) is 4.67. The lowest BCUT2D eigenvalue weighted by molar-refractivity contribution is 0.114. The fourth-order valence-corrected chi connectivity index (χ4v) is 7.68. The van der Waals surface area contributed by atoms with Gasteiger partial charge in [0.15, 0.2) is 0 Å². The van der Waals surface area contributed by atoms with Crippen LogP contribution in [0, 0.1) is 19.1 Å². The molecule has 2 aliphatic rings. The SMILES string of the molecule is [2H]C([2H])([2H])c1cnc(-c2ccc(C([2H])([2H])[2H])c3c2oc2c3ccc3ccc4ccccc4c32)cc1C1([2H])CCC2(CCCCC2)CC1. The van der Waals surface area contributed by atoms with E-state index < -0.39 is 19.6 Å². The van der Waals surface area contributed by atoms with E-state index in [0.717, 1.165) is 34.4 Å². The maximum absolute atomic E-state index is 9.70. The first-order valence-corrected chi connectivity index (χ1v) is 14.7. The zero-order valence-electron chi connectivity index (χ0n) is 29.6. The van der Waals surface area contributed by atoms with Gasteiger partial charge >= 0.3 is 0 Å². The number of hydrogen-bond donors (Lipinski definition) is 0. The molecule has 0 radical (unpaired) electrons. The van der Waals surface area contributed by atoms with Crippen molar-refractivity contribution >= 4 is 43.5 Å². The molecule has 2 saturated carbocycles. The van der Waals surface area contributed by atoms with Crippen molar-refractivity contribution in [1.82, 2.24) is 4.98 Å². The monoisotopic (exact) mass is 530 g/mol. The van der Waals surface area contributed by atoms with Crippen molar-refractivity contribution in [3.05, 3.63) is 89.6 Å². The van der Waals surface area contributed by atoms with E-state index in [-0.39, 0.29) is 16.5 Å². The van der Waals surface area contributed by atoms with Gasteiger partial charge in [-0.05, 0) is 115 Å². The zero-order valence-corrected chi connectivity index (χ0v) is 22.6. The Morgan fingerprint density at radius 2 is 1.57 bits per heavy atom. The van der Waals surface area contributed by atoms with Crippen LogP contribution in [0.25, 0.3) is 54.7 Å². The lowest BCUT2D eigenvalue weighted by Crippen LogP contribution is -2.29. The van der Waals surface area contributed by atoms with Crippen molar-refractivity contribution in [3.8, 4) is 11.3 Å². The van der Waals surface area contributed by atoms with Crippen LogP contribution in [0.3, 0.4) is 0 Å². The molecule has 2 heterocycles. The summed E-state index contributed by atoms with van der Waals surface area (Å²) in [6, 6.07) is 21.2. The van der Waals surface area contributed by atoms with E-state index in [9.17, 15) is 1.37 Å². The normalized spacial score (nSPS) is 21.9. The van der Waals surface area contributed by atoms with E-state index in [1.807, 2.05) is 42.5 Å². The molecular formula is C38H37NO. The molecule has 0 saturated heterocycles. The van der Waals surface area contributed by atoms with Crippen molar-refractivity contribution in [1.29, 1.82) is 0 Å². The third-order valence-electron chi connectivity index (χ3n) is 9.88. The molecule has 40 heavy (non-hydrogen) atoms. The van der Waals surface area contributed by atoms with Crippen LogP contribution in [-0.2, 0) is 0 Å². The first-order valence-electron chi connectivity index (χ1n) is 18.2.